The van der Waals surface area contributed by atoms with Crippen LogP contribution in [-0.4, -0.2) is 31.2 Å². The first-order valence-electron chi connectivity index (χ1n) is 6.28. The van der Waals surface area contributed by atoms with Crippen molar-refractivity contribution in [3.05, 3.63) is 39.9 Å². The van der Waals surface area contributed by atoms with Gasteiger partial charge in [-0.1, -0.05) is 35.1 Å². The van der Waals surface area contributed by atoms with Crippen molar-refractivity contribution in [1.29, 1.82) is 0 Å². The number of nitrogens with zero attached hydrogens (tertiary/aromatic N) is 1. The van der Waals surface area contributed by atoms with Crippen molar-refractivity contribution >= 4 is 34.0 Å². The van der Waals surface area contributed by atoms with Crippen LogP contribution >= 0.6 is 22.9 Å². The second kappa shape index (κ2) is 7.28. The average molecular weight is 327 g/mol. The number of hydrogen-bond donors (Lipinski definition) is 1. The Bertz CT molecular complexity index is 630. The Morgan fingerprint density at radius 1 is 1.48 bits per heavy atom. The van der Waals surface area contributed by atoms with Crippen molar-refractivity contribution in [2.45, 2.75) is 6.92 Å². The fourth-order valence-corrected chi connectivity index (χ4v) is 2.76. The number of methoxy groups -OCH3 is 1. The van der Waals surface area contributed by atoms with Gasteiger partial charge in [-0.25, -0.2) is 9.78 Å². The number of benzene rings is 1. The van der Waals surface area contributed by atoms with Crippen LogP contribution in [0.4, 0.5) is 5.13 Å². The van der Waals surface area contributed by atoms with Crippen molar-refractivity contribution < 1.29 is 14.3 Å². The summed E-state index contributed by atoms with van der Waals surface area (Å²) < 4.78 is 10.2. The zero-order valence-electron chi connectivity index (χ0n) is 11.7. The first-order valence-corrected chi connectivity index (χ1v) is 7.47. The molecular weight excluding hydrogens is 312 g/mol. The minimum Gasteiger partial charge on any atom is -0.492 e. The van der Waals surface area contributed by atoms with E-state index in [1.54, 1.807) is 0 Å². The van der Waals surface area contributed by atoms with Crippen LogP contribution in [0.25, 0.3) is 0 Å². The number of rotatable bonds is 6. The number of nitrogens with one attached hydrogen (secondary N) is 1. The third-order valence-electron chi connectivity index (χ3n) is 2.59. The van der Waals surface area contributed by atoms with Crippen LogP contribution in [0.3, 0.4) is 0 Å². The number of hydrogen-bond acceptors (Lipinski definition) is 6. The molecule has 1 aromatic heterocycles. The topological polar surface area (TPSA) is 60.5 Å². The lowest BCUT2D eigenvalue weighted by atomic mass is 10.2. The summed E-state index contributed by atoms with van der Waals surface area (Å²) in [6.07, 6.45) is 0. The Hall–Kier alpha value is -1.79. The van der Waals surface area contributed by atoms with E-state index in [-0.39, 0.29) is 5.15 Å². The van der Waals surface area contributed by atoms with E-state index in [0.717, 1.165) is 22.6 Å². The first kappa shape index (κ1) is 15.6. The summed E-state index contributed by atoms with van der Waals surface area (Å²) in [4.78, 5) is 15.8. The molecule has 0 fully saturated rings. The van der Waals surface area contributed by atoms with Gasteiger partial charge in [0.2, 0.25) is 0 Å². The maximum absolute atomic E-state index is 11.4. The van der Waals surface area contributed by atoms with E-state index in [1.165, 1.54) is 7.11 Å². The van der Waals surface area contributed by atoms with E-state index in [2.05, 4.69) is 15.0 Å². The molecule has 2 aromatic rings. The molecule has 1 aromatic carbocycles. The Morgan fingerprint density at radius 3 is 3.00 bits per heavy atom. The van der Waals surface area contributed by atoms with Gasteiger partial charge < -0.3 is 14.8 Å². The minimum atomic E-state index is -0.485. The zero-order valence-corrected chi connectivity index (χ0v) is 13.3. The molecule has 2 rings (SSSR count). The molecule has 0 spiro atoms. The maximum atomic E-state index is 11.4. The standard InChI is InChI=1S/C14H15ClN2O3S/c1-9-4-3-5-10(8-9)20-7-6-16-14-17-12(15)11(21-14)13(18)19-2/h3-5,8H,6-7H2,1-2H3,(H,16,17). The molecule has 21 heavy (non-hydrogen) atoms. The Balaban J connectivity index is 1.82. The quantitative estimate of drug-likeness (QED) is 0.651. The maximum Gasteiger partial charge on any atom is 0.351 e. The molecule has 0 aliphatic carbocycles. The predicted octanol–water partition coefficient (Wildman–Crippen LogP) is 3.38. The van der Waals surface area contributed by atoms with Gasteiger partial charge in [0.1, 0.15) is 12.4 Å². The van der Waals surface area contributed by atoms with E-state index in [9.17, 15) is 4.79 Å². The van der Waals surface area contributed by atoms with Crippen molar-refractivity contribution in [2.75, 3.05) is 25.6 Å². The lowest BCUT2D eigenvalue weighted by molar-refractivity contribution is 0.0606. The highest BCUT2D eigenvalue weighted by Gasteiger charge is 2.16. The van der Waals surface area contributed by atoms with Crippen molar-refractivity contribution in [3.63, 3.8) is 0 Å². The van der Waals surface area contributed by atoms with Crippen LogP contribution < -0.4 is 10.1 Å². The zero-order chi connectivity index (χ0) is 15.2. The van der Waals surface area contributed by atoms with Crippen LogP contribution in [0.2, 0.25) is 5.15 Å². The van der Waals surface area contributed by atoms with Gasteiger partial charge in [-0.2, -0.15) is 0 Å². The van der Waals surface area contributed by atoms with Gasteiger partial charge in [0.05, 0.1) is 13.7 Å². The summed E-state index contributed by atoms with van der Waals surface area (Å²) in [6.45, 7) is 3.05. The molecule has 5 nitrogen and oxygen atoms in total. The van der Waals surface area contributed by atoms with E-state index in [0.29, 0.717) is 23.2 Å². The molecule has 0 saturated heterocycles. The molecule has 0 bridgehead atoms. The van der Waals surface area contributed by atoms with Gasteiger partial charge >= 0.3 is 5.97 Å². The normalized spacial score (nSPS) is 10.2. The van der Waals surface area contributed by atoms with Crippen molar-refractivity contribution in [3.8, 4) is 5.75 Å². The van der Waals surface area contributed by atoms with Gasteiger partial charge in [-0.05, 0) is 24.6 Å². The monoisotopic (exact) mass is 326 g/mol. The number of esters is 1. The van der Waals surface area contributed by atoms with Gasteiger partial charge in [0.25, 0.3) is 0 Å². The van der Waals surface area contributed by atoms with Gasteiger partial charge in [-0.15, -0.1) is 0 Å². The van der Waals surface area contributed by atoms with E-state index in [1.807, 2.05) is 31.2 Å². The number of aryl methyl sites for hydroxylation is 1. The number of anilines is 1. The number of ether oxygens (including phenoxy) is 2. The number of carbonyl (C=O) groups excluding carboxylic acids is 1. The van der Waals surface area contributed by atoms with Crippen molar-refractivity contribution in [1.82, 2.24) is 4.98 Å². The number of aromatic nitrogens is 1. The molecule has 1 heterocycles. The summed E-state index contributed by atoms with van der Waals surface area (Å²) in [5.74, 6) is 0.339. The molecule has 0 amide bonds. The predicted molar refractivity (Wildman–Crippen MR) is 83.6 cm³/mol. The van der Waals surface area contributed by atoms with E-state index < -0.39 is 5.97 Å². The van der Waals surface area contributed by atoms with Crippen molar-refractivity contribution in [2.24, 2.45) is 0 Å². The molecule has 0 atom stereocenters. The molecular formula is C14H15ClN2O3S. The largest absolute Gasteiger partial charge is 0.492 e. The van der Waals surface area contributed by atoms with Crippen LogP contribution in [-0.2, 0) is 4.74 Å². The van der Waals surface area contributed by atoms with Crippen LogP contribution in [0, 0.1) is 6.92 Å². The highest BCUT2D eigenvalue weighted by atomic mass is 35.5. The van der Waals surface area contributed by atoms with Gasteiger partial charge in [0, 0.05) is 0 Å². The molecule has 112 valence electrons. The molecule has 0 aliphatic heterocycles. The first-order chi connectivity index (χ1) is 10.1. The summed E-state index contributed by atoms with van der Waals surface area (Å²) in [5.41, 5.74) is 1.15. The van der Waals surface area contributed by atoms with Crippen LogP contribution in [0.5, 0.6) is 5.75 Å². The van der Waals surface area contributed by atoms with E-state index in [4.69, 9.17) is 16.3 Å². The summed E-state index contributed by atoms with van der Waals surface area (Å²) >= 11 is 7.03. The summed E-state index contributed by atoms with van der Waals surface area (Å²) in [5, 5.41) is 3.77. The molecule has 1 N–H and O–H groups in total. The molecule has 7 heteroatoms. The van der Waals surface area contributed by atoms with Gasteiger partial charge in [0.15, 0.2) is 15.2 Å². The smallest absolute Gasteiger partial charge is 0.351 e. The Kier molecular flexibility index (Phi) is 5.41. The fraction of sp³-hybridized carbons (Fsp3) is 0.286. The van der Waals surface area contributed by atoms with Crippen LogP contribution in [0.1, 0.15) is 15.2 Å². The third kappa shape index (κ3) is 4.34. The molecule has 0 unspecified atom stereocenters. The minimum absolute atomic E-state index is 0.147. The number of halogens is 1. The second-order valence-electron chi connectivity index (χ2n) is 4.22. The average Bonchev–Trinajstić information content (AvgIpc) is 2.84. The summed E-state index contributed by atoms with van der Waals surface area (Å²) in [6, 6.07) is 7.83. The Morgan fingerprint density at radius 2 is 2.29 bits per heavy atom. The number of carbonyl (C=O) groups is 1. The SMILES string of the molecule is COC(=O)c1sc(NCCOc2cccc(C)c2)nc1Cl. The lowest BCUT2D eigenvalue weighted by Gasteiger charge is -2.07. The molecule has 0 aliphatic rings. The summed E-state index contributed by atoms with van der Waals surface area (Å²) in [7, 11) is 1.31. The number of thiazole rings is 1. The van der Waals surface area contributed by atoms with E-state index >= 15 is 0 Å². The highest BCUT2D eigenvalue weighted by Crippen LogP contribution is 2.27. The molecule has 0 saturated carbocycles. The fourth-order valence-electron chi connectivity index (χ4n) is 1.63. The third-order valence-corrected chi connectivity index (χ3v) is 3.97. The van der Waals surface area contributed by atoms with Gasteiger partial charge in [-0.3, -0.25) is 0 Å². The van der Waals surface area contributed by atoms with Crippen LogP contribution in [0.15, 0.2) is 24.3 Å². The highest BCUT2D eigenvalue weighted by molar-refractivity contribution is 7.18. The molecule has 0 radical (unpaired) electrons. The Labute approximate surface area is 131 Å². The lowest BCUT2D eigenvalue weighted by Crippen LogP contribution is -2.11. The second-order valence-corrected chi connectivity index (χ2v) is 5.58.